The Bertz CT molecular complexity index is 1010. The van der Waals surface area contributed by atoms with Gasteiger partial charge in [-0.15, -0.1) is 0 Å². The Morgan fingerprint density at radius 2 is 1.78 bits per heavy atom. The number of ether oxygens (including phenoxy) is 5. The van der Waals surface area contributed by atoms with E-state index in [9.17, 15) is 0 Å². The fourth-order valence-corrected chi connectivity index (χ4v) is 4.21. The summed E-state index contributed by atoms with van der Waals surface area (Å²) in [6, 6.07) is 9.72. The van der Waals surface area contributed by atoms with Gasteiger partial charge in [-0.05, 0) is 24.3 Å². The molecule has 0 spiro atoms. The van der Waals surface area contributed by atoms with E-state index in [1.54, 1.807) is 27.6 Å². The van der Waals surface area contributed by atoms with Gasteiger partial charge in [0.1, 0.15) is 29.8 Å². The highest BCUT2D eigenvalue weighted by Gasteiger charge is 2.45. The molecule has 0 saturated heterocycles. The molecule has 27 heavy (non-hydrogen) atoms. The third kappa shape index (κ3) is 2.29. The van der Waals surface area contributed by atoms with Crippen LogP contribution in [-0.2, 0) is 4.74 Å². The number of rotatable bonds is 3. The summed E-state index contributed by atoms with van der Waals surface area (Å²) in [5.74, 6) is 2.86. The zero-order valence-corrected chi connectivity index (χ0v) is 15.4. The molecule has 140 valence electrons. The minimum Gasteiger partial charge on any atom is -0.493 e. The summed E-state index contributed by atoms with van der Waals surface area (Å²) < 4.78 is 34.8. The Morgan fingerprint density at radius 1 is 0.963 bits per heavy atom. The van der Waals surface area contributed by atoms with Crippen LogP contribution in [-0.4, -0.2) is 34.0 Å². The Labute approximate surface area is 156 Å². The first kappa shape index (κ1) is 16.3. The van der Waals surface area contributed by atoms with Gasteiger partial charge in [0.15, 0.2) is 11.5 Å². The minimum absolute atomic E-state index is 0.0181. The lowest BCUT2D eigenvalue weighted by molar-refractivity contribution is -0.0192. The van der Waals surface area contributed by atoms with Crippen LogP contribution in [0.25, 0.3) is 11.0 Å². The van der Waals surface area contributed by atoms with E-state index in [2.05, 4.69) is 0 Å². The normalized spacial score (nSPS) is 22.9. The Morgan fingerprint density at radius 3 is 2.56 bits per heavy atom. The standard InChI is InChI=1S/C21H20O6/c1-22-16-8-13-15(9-17(16)23-2)26-10-18-19(13)21(24-3)12-4-5-14-11(6-7-25-14)20(12)27-18/h4-9,18-19,21H,10H2,1-3H3. The SMILES string of the molecule is COc1cc2c(cc1OC)C1C(CO2)Oc2c(ccc3occc23)C1OC. The summed E-state index contributed by atoms with van der Waals surface area (Å²) in [6.07, 6.45) is 1.33. The molecule has 0 radical (unpaired) electrons. The van der Waals surface area contributed by atoms with Crippen molar-refractivity contribution in [3.05, 3.63) is 47.7 Å². The van der Waals surface area contributed by atoms with E-state index in [4.69, 9.17) is 28.1 Å². The fourth-order valence-electron chi connectivity index (χ4n) is 4.21. The lowest BCUT2D eigenvalue weighted by Gasteiger charge is -2.42. The second-order valence-electron chi connectivity index (χ2n) is 6.71. The molecule has 2 aliphatic rings. The van der Waals surface area contributed by atoms with E-state index >= 15 is 0 Å². The summed E-state index contributed by atoms with van der Waals surface area (Å²) in [5.41, 5.74) is 2.80. The molecule has 5 rings (SSSR count). The van der Waals surface area contributed by atoms with Crippen molar-refractivity contribution < 1.29 is 28.1 Å². The third-order valence-electron chi connectivity index (χ3n) is 5.45. The quantitative estimate of drug-likeness (QED) is 0.694. The van der Waals surface area contributed by atoms with Crippen molar-refractivity contribution in [2.45, 2.75) is 18.1 Å². The van der Waals surface area contributed by atoms with Gasteiger partial charge in [-0.1, -0.05) is 0 Å². The van der Waals surface area contributed by atoms with Gasteiger partial charge in [0.25, 0.3) is 0 Å². The molecule has 3 unspecified atom stereocenters. The largest absolute Gasteiger partial charge is 0.493 e. The van der Waals surface area contributed by atoms with Crippen LogP contribution in [0.15, 0.2) is 41.0 Å². The second-order valence-corrected chi connectivity index (χ2v) is 6.71. The van der Waals surface area contributed by atoms with Gasteiger partial charge in [0.2, 0.25) is 0 Å². The molecule has 0 bridgehead atoms. The molecule has 3 atom stereocenters. The maximum atomic E-state index is 6.39. The molecule has 0 N–H and O–H groups in total. The van der Waals surface area contributed by atoms with E-state index in [1.807, 2.05) is 30.3 Å². The first-order valence-electron chi connectivity index (χ1n) is 8.83. The van der Waals surface area contributed by atoms with Crippen LogP contribution in [0.5, 0.6) is 23.0 Å². The average molecular weight is 368 g/mol. The third-order valence-corrected chi connectivity index (χ3v) is 5.45. The molecule has 6 nitrogen and oxygen atoms in total. The molecule has 0 saturated carbocycles. The van der Waals surface area contributed by atoms with Gasteiger partial charge >= 0.3 is 0 Å². The highest BCUT2D eigenvalue weighted by Crippen LogP contribution is 2.53. The smallest absolute Gasteiger partial charge is 0.164 e. The first-order chi connectivity index (χ1) is 13.2. The van der Waals surface area contributed by atoms with Gasteiger partial charge in [-0.25, -0.2) is 0 Å². The number of hydrogen-bond donors (Lipinski definition) is 0. The van der Waals surface area contributed by atoms with Gasteiger partial charge in [0, 0.05) is 24.3 Å². The number of benzene rings is 2. The van der Waals surface area contributed by atoms with E-state index in [0.717, 1.165) is 33.6 Å². The van der Waals surface area contributed by atoms with Gasteiger partial charge in [-0.2, -0.15) is 0 Å². The van der Waals surface area contributed by atoms with Crippen LogP contribution in [0.1, 0.15) is 23.1 Å². The number of fused-ring (bicyclic) bond motifs is 6. The van der Waals surface area contributed by atoms with Crippen LogP contribution >= 0.6 is 0 Å². The highest BCUT2D eigenvalue weighted by molar-refractivity contribution is 5.86. The predicted octanol–water partition coefficient (Wildman–Crippen LogP) is 4.07. The zero-order valence-electron chi connectivity index (χ0n) is 15.4. The Hall–Kier alpha value is -2.86. The lowest BCUT2D eigenvalue weighted by atomic mass is 9.80. The van der Waals surface area contributed by atoms with E-state index < -0.39 is 0 Å². The minimum atomic E-state index is -0.173. The molecule has 0 aliphatic carbocycles. The van der Waals surface area contributed by atoms with Crippen molar-refractivity contribution >= 4 is 11.0 Å². The predicted molar refractivity (Wildman–Crippen MR) is 98.2 cm³/mol. The maximum absolute atomic E-state index is 6.39. The fraction of sp³-hybridized carbons (Fsp3) is 0.333. The molecular formula is C21H20O6. The molecule has 6 heteroatoms. The number of furan rings is 1. The van der Waals surface area contributed by atoms with E-state index in [1.165, 1.54) is 0 Å². The summed E-state index contributed by atoms with van der Waals surface area (Å²) in [7, 11) is 4.97. The van der Waals surface area contributed by atoms with Crippen LogP contribution in [0, 0.1) is 0 Å². The molecule has 0 fully saturated rings. The Kier molecular flexibility index (Phi) is 3.68. The van der Waals surface area contributed by atoms with E-state index in [0.29, 0.717) is 18.1 Å². The number of hydrogen-bond acceptors (Lipinski definition) is 6. The van der Waals surface area contributed by atoms with Crippen molar-refractivity contribution in [3.8, 4) is 23.0 Å². The van der Waals surface area contributed by atoms with Crippen molar-refractivity contribution in [1.82, 2.24) is 0 Å². The van der Waals surface area contributed by atoms with Gasteiger partial charge in [0.05, 0.1) is 37.9 Å². The van der Waals surface area contributed by atoms with Crippen LogP contribution in [0.3, 0.4) is 0 Å². The van der Waals surface area contributed by atoms with Gasteiger partial charge < -0.3 is 28.1 Å². The summed E-state index contributed by atoms with van der Waals surface area (Å²) in [4.78, 5) is 0. The van der Waals surface area contributed by atoms with Crippen molar-refractivity contribution in [2.24, 2.45) is 0 Å². The molecule has 2 aliphatic heterocycles. The molecular weight excluding hydrogens is 348 g/mol. The van der Waals surface area contributed by atoms with E-state index in [-0.39, 0.29) is 18.1 Å². The monoisotopic (exact) mass is 368 g/mol. The van der Waals surface area contributed by atoms with Crippen molar-refractivity contribution in [1.29, 1.82) is 0 Å². The van der Waals surface area contributed by atoms with Crippen LogP contribution in [0.4, 0.5) is 0 Å². The average Bonchev–Trinajstić information content (AvgIpc) is 3.20. The van der Waals surface area contributed by atoms with Crippen molar-refractivity contribution in [3.63, 3.8) is 0 Å². The molecule has 0 amide bonds. The second kappa shape index (κ2) is 6.09. The summed E-state index contributed by atoms with van der Waals surface area (Å²) >= 11 is 0. The maximum Gasteiger partial charge on any atom is 0.164 e. The summed E-state index contributed by atoms with van der Waals surface area (Å²) in [6.45, 7) is 0.431. The number of methoxy groups -OCH3 is 3. The van der Waals surface area contributed by atoms with Crippen LogP contribution in [0.2, 0.25) is 0 Å². The first-order valence-corrected chi connectivity index (χ1v) is 8.83. The molecule has 3 heterocycles. The van der Waals surface area contributed by atoms with Crippen molar-refractivity contribution in [2.75, 3.05) is 27.9 Å². The van der Waals surface area contributed by atoms with Crippen LogP contribution < -0.4 is 18.9 Å². The highest BCUT2D eigenvalue weighted by atomic mass is 16.5. The summed E-state index contributed by atoms with van der Waals surface area (Å²) in [5, 5.41) is 0.950. The molecule has 2 aromatic carbocycles. The van der Waals surface area contributed by atoms with Gasteiger partial charge in [-0.3, -0.25) is 0 Å². The molecule has 3 aromatic rings. The zero-order chi connectivity index (χ0) is 18.5. The Balaban J connectivity index is 1.68. The lowest BCUT2D eigenvalue weighted by Crippen LogP contribution is -2.42. The topological polar surface area (TPSA) is 59.3 Å². The molecule has 1 aromatic heterocycles.